The van der Waals surface area contributed by atoms with E-state index in [2.05, 4.69) is 4.90 Å². The summed E-state index contributed by atoms with van der Waals surface area (Å²) in [5.41, 5.74) is 0.830. The third kappa shape index (κ3) is 2.96. The number of aliphatic hydroxyl groups excluding tert-OH is 1. The molecule has 1 heterocycles. The zero-order valence-electron chi connectivity index (χ0n) is 10.1. The molecule has 18 heavy (non-hydrogen) atoms. The van der Waals surface area contributed by atoms with Gasteiger partial charge in [-0.1, -0.05) is 11.6 Å². The van der Waals surface area contributed by atoms with Gasteiger partial charge in [0.2, 0.25) is 0 Å². The van der Waals surface area contributed by atoms with Crippen molar-refractivity contribution < 1.29 is 13.5 Å². The van der Waals surface area contributed by atoms with Gasteiger partial charge in [-0.2, -0.15) is 0 Å². The van der Waals surface area contributed by atoms with Gasteiger partial charge in [-0.05, 0) is 31.0 Å². The predicted molar refractivity (Wildman–Crippen MR) is 72.0 cm³/mol. The molecule has 1 fully saturated rings. The summed E-state index contributed by atoms with van der Waals surface area (Å²) in [5.74, 6) is 0. The average molecular weight is 290 g/mol. The van der Waals surface area contributed by atoms with E-state index in [-0.39, 0.29) is 11.0 Å². The van der Waals surface area contributed by atoms with Crippen LogP contribution >= 0.6 is 11.6 Å². The smallest absolute Gasteiger partial charge is 0.175 e. The van der Waals surface area contributed by atoms with E-state index < -0.39 is 9.84 Å². The molecule has 1 N–H and O–H groups in total. The normalized spacial score (nSPS) is 18.1. The molecule has 1 saturated heterocycles. The van der Waals surface area contributed by atoms with Crippen molar-refractivity contribution in [2.45, 2.75) is 23.8 Å². The molecule has 0 aliphatic carbocycles. The lowest BCUT2D eigenvalue weighted by atomic mass is 10.1. The van der Waals surface area contributed by atoms with Crippen LogP contribution in [0, 0.1) is 0 Å². The largest absolute Gasteiger partial charge is 0.393 e. The minimum atomic E-state index is -3.22. The Morgan fingerprint density at radius 3 is 2.44 bits per heavy atom. The lowest BCUT2D eigenvalue weighted by molar-refractivity contribution is 0.145. The first-order valence-electron chi connectivity index (χ1n) is 5.80. The molecule has 0 aromatic heterocycles. The van der Waals surface area contributed by atoms with Crippen molar-refractivity contribution in [3.05, 3.63) is 23.2 Å². The summed E-state index contributed by atoms with van der Waals surface area (Å²) >= 11 is 6.14. The van der Waals surface area contributed by atoms with Crippen molar-refractivity contribution in [1.82, 2.24) is 0 Å². The molecule has 1 aromatic rings. The standard InChI is InChI=1S/C12H16ClNO3S/c1-18(16,17)10-2-3-12(11(13)8-10)14-6-4-9(15)5-7-14/h2-3,8-9,15H,4-7H2,1H3. The second-order valence-electron chi connectivity index (χ2n) is 4.60. The highest BCUT2D eigenvalue weighted by Gasteiger charge is 2.20. The Morgan fingerprint density at radius 1 is 1.33 bits per heavy atom. The summed E-state index contributed by atoms with van der Waals surface area (Å²) in [4.78, 5) is 2.30. The van der Waals surface area contributed by atoms with Gasteiger partial charge < -0.3 is 10.0 Å². The summed E-state index contributed by atoms with van der Waals surface area (Å²) in [6, 6.07) is 4.79. The maximum Gasteiger partial charge on any atom is 0.175 e. The molecule has 1 aliphatic rings. The number of halogens is 1. The van der Waals surface area contributed by atoms with Crippen molar-refractivity contribution in [1.29, 1.82) is 0 Å². The molecule has 0 bridgehead atoms. The number of piperidine rings is 1. The Kier molecular flexibility index (Phi) is 3.84. The Hall–Kier alpha value is -0.780. The van der Waals surface area contributed by atoms with Gasteiger partial charge in [-0.3, -0.25) is 0 Å². The van der Waals surface area contributed by atoms with E-state index in [1.54, 1.807) is 12.1 Å². The molecule has 4 nitrogen and oxygen atoms in total. The summed E-state index contributed by atoms with van der Waals surface area (Å²) in [6.07, 6.45) is 2.35. The zero-order valence-corrected chi connectivity index (χ0v) is 11.7. The highest BCUT2D eigenvalue weighted by molar-refractivity contribution is 7.90. The fourth-order valence-corrected chi connectivity index (χ4v) is 3.09. The summed E-state index contributed by atoms with van der Waals surface area (Å²) < 4.78 is 22.8. The first-order chi connectivity index (χ1) is 8.38. The second kappa shape index (κ2) is 5.07. The minimum Gasteiger partial charge on any atom is -0.393 e. The Balaban J connectivity index is 2.25. The van der Waals surface area contributed by atoms with Crippen LogP contribution < -0.4 is 4.90 Å². The number of aliphatic hydroxyl groups is 1. The van der Waals surface area contributed by atoms with E-state index in [1.165, 1.54) is 6.07 Å². The second-order valence-corrected chi connectivity index (χ2v) is 7.03. The molecular weight excluding hydrogens is 274 g/mol. The number of benzene rings is 1. The van der Waals surface area contributed by atoms with Crippen LogP contribution in [0.15, 0.2) is 23.1 Å². The molecule has 2 rings (SSSR count). The summed E-state index contributed by atoms with van der Waals surface area (Å²) in [7, 11) is -3.22. The molecule has 0 spiro atoms. The van der Waals surface area contributed by atoms with Gasteiger partial charge in [0.05, 0.1) is 21.7 Å². The van der Waals surface area contributed by atoms with Gasteiger partial charge in [-0.25, -0.2) is 8.42 Å². The number of hydrogen-bond acceptors (Lipinski definition) is 4. The zero-order chi connectivity index (χ0) is 13.3. The third-order valence-corrected chi connectivity index (χ3v) is 4.57. The molecule has 0 atom stereocenters. The van der Waals surface area contributed by atoms with Crippen LogP contribution in [-0.4, -0.2) is 39.0 Å². The molecule has 0 radical (unpaired) electrons. The highest BCUT2D eigenvalue weighted by atomic mass is 35.5. The van der Waals surface area contributed by atoms with E-state index >= 15 is 0 Å². The van der Waals surface area contributed by atoms with Crippen molar-refractivity contribution in [2.24, 2.45) is 0 Å². The Labute approximate surface area is 112 Å². The van der Waals surface area contributed by atoms with Crippen molar-refractivity contribution >= 4 is 27.1 Å². The average Bonchev–Trinajstić information content (AvgIpc) is 2.29. The van der Waals surface area contributed by atoms with E-state index in [4.69, 9.17) is 11.6 Å². The van der Waals surface area contributed by atoms with Crippen LogP contribution in [0.4, 0.5) is 5.69 Å². The number of nitrogens with zero attached hydrogens (tertiary/aromatic N) is 1. The van der Waals surface area contributed by atoms with Crippen molar-refractivity contribution in [3.8, 4) is 0 Å². The third-order valence-electron chi connectivity index (χ3n) is 3.15. The van der Waals surface area contributed by atoms with Gasteiger partial charge in [0, 0.05) is 19.3 Å². The van der Waals surface area contributed by atoms with Crippen LogP contribution in [0.5, 0.6) is 0 Å². The number of sulfone groups is 1. The maximum atomic E-state index is 11.4. The van der Waals surface area contributed by atoms with Crippen molar-refractivity contribution in [3.63, 3.8) is 0 Å². The van der Waals surface area contributed by atoms with E-state index in [0.717, 1.165) is 25.0 Å². The van der Waals surface area contributed by atoms with Gasteiger partial charge in [0.25, 0.3) is 0 Å². The van der Waals surface area contributed by atoms with Crippen LogP contribution in [0.25, 0.3) is 0 Å². The van der Waals surface area contributed by atoms with Crippen LogP contribution in [0.3, 0.4) is 0 Å². The fraction of sp³-hybridized carbons (Fsp3) is 0.500. The maximum absolute atomic E-state index is 11.4. The predicted octanol–water partition coefficient (Wildman–Crippen LogP) is 1.70. The quantitative estimate of drug-likeness (QED) is 0.900. The van der Waals surface area contributed by atoms with Crippen LogP contribution in [0.2, 0.25) is 5.02 Å². The molecule has 6 heteroatoms. The minimum absolute atomic E-state index is 0.230. The number of hydrogen-bond donors (Lipinski definition) is 1. The summed E-state index contributed by atoms with van der Waals surface area (Å²) in [6.45, 7) is 1.47. The molecule has 0 saturated carbocycles. The van der Waals surface area contributed by atoms with Crippen molar-refractivity contribution in [2.75, 3.05) is 24.2 Å². The molecule has 100 valence electrons. The topological polar surface area (TPSA) is 57.6 Å². The SMILES string of the molecule is CS(=O)(=O)c1ccc(N2CCC(O)CC2)c(Cl)c1. The van der Waals surface area contributed by atoms with Gasteiger partial charge >= 0.3 is 0 Å². The van der Waals surface area contributed by atoms with E-state index in [1.807, 2.05) is 0 Å². The number of rotatable bonds is 2. The van der Waals surface area contributed by atoms with Crippen LogP contribution in [0.1, 0.15) is 12.8 Å². The Bertz CT molecular complexity index is 536. The first-order valence-corrected chi connectivity index (χ1v) is 8.07. The Morgan fingerprint density at radius 2 is 1.94 bits per heavy atom. The van der Waals surface area contributed by atoms with E-state index in [0.29, 0.717) is 17.9 Å². The highest BCUT2D eigenvalue weighted by Crippen LogP contribution is 2.30. The molecule has 0 unspecified atom stereocenters. The van der Waals surface area contributed by atoms with E-state index in [9.17, 15) is 13.5 Å². The first kappa shape index (κ1) is 13.6. The van der Waals surface area contributed by atoms with Gasteiger partial charge in [0.1, 0.15) is 0 Å². The molecule has 1 aromatic carbocycles. The fourth-order valence-electron chi connectivity index (χ4n) is 2.08. The lowest BCUT2D eigenvalue weighted by Gasteiger charge is -2.32. The molecular formula is C12H16ClNO3S. The lowest BCUT2D eigenvalue weighted by Crippen LogP contribution is -2.35. The molecule has 1 aliphatic heterocycles. The monoisotopic (exact) mass is 289 g/mol. The molecule has 0 amide bonds. The summed E-state index contributed by atoms with van der Waals surface area (Å²) in [5, 5.41) is 9.89. The van der Waals surface area contributed by atoms with Gasteiger partial charge in [-0.15, -0.1) is 0 Å². The number of anilines is 1. The van der Waals surface area contributed by atoms with Gasteiger partial charge in [0.15, 0.2) is 9.84 Å². The van der Waals surface area contributed by atoms with Crippen LogP contribution in [-0.2, 0) is 9.84 Å².